The van der Waals surface area contributed by atoms with E-state index in [1.165, 1.54) is 6.07 Å². The van der Waals surface area contributed by atoms with Crippen LogP contribution in [0.1, 0.15) is 25.0 Å². The third-order valence-electron chi connectivity index (χ3n) is 4.66. The van der Waals surface area contributed by atoms with Crippen molar-refractivity contribution >= 4 is 17.3 Å². The summed E-state index contributed by atoms with van der Waals surface area (Å²) in [4.78, 5) is 19.8. The molecule has 0 spiro atoms. The summed E-state index contributed by atoms with van der Waals surface area (Å²) in [5, 5.41) is 25.4. The Morgan fingerprint density at radius 1 is 1.43 bits per heavy atom. The Bertz CT molecular complexity index is 882. The molecule has 0 amide bonds. The van der Waals surface area contributed by atoms with E-state index < -0.39 is 4.92 Å². The molecule has 11 heteroatoms. The van der Waals surface area contributed by atoms with Crippen LogP contribution in [0.15, 0.2) is 29.3 Å². The van der Waals surface area contributed by atoms with E-state index >= 15 is 0 Å². The molecule has 1 aliphatic rings. The molecular formula is C19H28N8O3. The minimum atomic E-state index is -0.392. The molecule has 0 radical (unpaired) electrons. The van der Waals surface area contributed by atoms with Crippen LogP contribution in [0, 0.1) is 10.1 Å². The van der Waals surface area contributed by atoms with Crippen LogP contribution in [-0.2, 0) is 24.3 Å². The number of aromatic nitrogens is 3. The van der Waals surface area contributed by atoms with Crippen LogP contribution in [0.25, 0.3) is 0 Å². The molecule has 0 saturated carbocycles. The minimum Gasteiger partial charge on any atom is -0.378 e. The van der Waals surface area contributed by atoms with E-state index in [0.29, 0.717) is 43.7 Å². The molecule has 162 valence electrons. The number of benzene rings is 1. The molecule has 30 heavy (non-hydrogen) atoms. The van der Waals surface area contributed by atoms with Crippen molar-refractivity contribution in [3.05, 3.63) is 46.0 Å². The van der Waals surface area contributed by atoms with Gasteiger partial charge in [0.15, 0.2) is 11.8 Å². The molecule has 1 aromatic carbocycles. The third kappa shape index (κ3) is 5.66. The van der Waals surface area contributed by atoms with Crippen LogP contribution in [0.5, 0.6) is 0 Å². The molecule has 0 aliphatic carbocycles. The number of nitro groups is 1. The first-order valence-corrected chi connectivity index (χ1v) is 10.0. The highest BCUT2D eigenvalue weighted by Crippen LogP contribution is 2.22. The Morgan fingerprint density at radius 3 is 3.03 bits per heavy atom. The van der Waals surface area contributed by atoms with Gasteiger partial charge in [-0.25, -0.2) is 9.67 Å². The number of ether oxygens (including phenoxy) is 1. The number of para-hydroxylation sites is 2. The molecular weight excluding hydrogens is 388 g/mol. The molecule has 2 heterocycles. The van der Waals surface area contributed by atoms with Gasteiger partial charge < -0.3 is 20.7 Å². The molecule has 3 rings (SSSR count). The van der Waals surface area contributed by atoms with E-state index in [4.69, 9.17) is 4.74 Å². The maximum Gasteiger partial charge on any atom is 0.292 e. The van der Waals surface area contributed by atoms with Gasteiger partial charge >= 0.3 is 0 Å². The van der Waals surface area contributed by atoms with E-state index in [1.807, 2.05) is 11.6 Å². The predicted molar refractivity (Wildman–Crippen MR) is 114 cm³/mol. The molecule has 0 saturated heterocycles. The predicted octanol–water partition coefficient (Wildman–Crippen LogP) is 1.31. The zero-order valence-corrected chi connectivity index (χ0v) is 17.3. The fourth-order valence-corrected chi connectivity index (χ4v) is 3.32. The van der Waals surface area contributed by atoms with Gasteiger partial charge in [-0.2, -0.15) is 5.10 Å². The van der Waals surface area contributed by atoms with Crippen molar-refractivity contribution in [2.24, 2.45) is 4.99 Å². The number of fused-ring (bicyclic) bond motifs is 1. The van der Waals surface area contributed by atoms with Gasteiger partial charge in [0, 0.05) is 38.7 Å². The Labute approximate surface area is 175 Å². The van der Waals surface area contributed by atoms with E-state index in [2.05, 4.69) is 31.0 Å². The van der Waals surface area contributed by atoms with Gasteiger partial charge in [-0.15, -0.1) is 0 Å². The van der Waals surface area contributed by atoms with Gasteiger partial charge in [0.2, 0.25) is 0 Å². The first kappa shape index (κ1) is 21.5. The van der Waals surface area contributed by atoms with Crippen LogP contribution in [-0.4, -0.2) is 58.4 Å². The zero-order valence-electron chi connectivity index (χ0n) is 17.3. The number of rotatable bonds is 9. The van der Waals surface area contributed by atoms with Crippen molar-refractivity contribution in [1.29, 1.82) is 0 Å². The number of nitrogens with one attached hydrogen (secondary N) is 3. The number of methoxy groups -OCH3 is 1. The molecule has 1 aromatic heterocycles. The standard InChI is InChI=1S/C19H28N8O3/c1-3-20-19(22-11-10-21-15-6-4-5-7-16(15)27(28)29)23-14-8-9-18-24-17(13-30-2)25-26(18)12-14/h4-7,14,21H,3,8-13H2,1-2H3,(H2,20,22,23). The van der Waals surface area contributed by atoms with Crippen molar-refractivity contribution < 1.29 is 9.66 Å². The van der Waals surface area contributed by atoms with E-state index in [9.17, 15) is 10.1 Å². The second-order valence-corrected chi connectivity index (χ2v) is 6.90. The van der Waals surface area contributed by atoms with Crippen LogP contribution in [0.4, 0.5) is 11.4 Å². The lowest BCUT2D eigenvalue weighted by Gasteiger charge is -2.25. The molecule has 1 atom stereocenters. The highest BCUT2D eigenvalue weighted by atomic mass is 16.6. The van der Waals surface area contributed by atoms with E-state index in [1.54, 1.807) is 25.3 Å². The largest absolute Gasteiger partial charge is 0.378 e. The molecule has 1 aliphatic heterocycles. The summed E-state index contributed by atoms with van der Waals surface area (Å²) in [6.45, 7) is 4.83. The number of guanidine groups is 1. The zero-order chi connectivity index (χ0) is 21.3. The summed E-state index contributed by atoms with van der Waals surface area (Å²) in [7, 11) is 1.63. The Hall–Kier alpha value is -3.21. The number of anilines is 1. The monoisotopic (exact) mass is 416 g/mol. The normalized spacial score (nSPS) is 16.1. The van der Waals surface area contributed by atoms with Gasteiger partial charge in [-0.05, 0) is 19.4 Å². The summed E-state index contributed by atoms with van der Waals surface area (Å²) in [6.07, 6.45) is 1.77. The van der Waals surface area contributed by atoms with Crippen molar-refractivity contribution in [3.63, 3.8) is 0 Å². The average Bonchev–Trinajstić information content (AvgIpc) is 3.13. The number of aryl methyl sites for hydroxylation is 1. The number of hydrogen-bond acceptors (Lipinski definition) is 7. The summed E-state index contributed by atoms with van der Waals surface area (Å²) >= 11 is 0. The first-order valence-electron chi connectivity index (χ1n) is 10.0. The second-order valence-electron chi connectivity index (χ2n) is 6.90. The number of hydrogen-bond donors (Lipinski definition) is 3. The van der Waals surface area contributed by atoms with E-state index in [0.717, 1.165) is 25.2 Å². The summed E-state index contributed by atoms with van der Waals surface area (Å²) in [5.41, 5.74) is 0.554. The van der Waals surface area contributed by atoms with Crippen LogP contribution < -0.4 is 16.0 Å². The quantitative estimate of drug-likeness (QED) is 0.183. The Balaban J connectivity index is 1.54. The van der Waals surface area contributed by atoms with Crippen LogP contribution in [0.3, 0.4) is 0 Å². The summed E-state index contributed by atoms with van der Waals surface area (Å²) in [5.74, 6) is 2.40. The molecule has 0 bridgehead atoms. The van der Waals surface area contributed by atoms with E-state index in [-0.39, 0.29) is 11.7 Å². The van der Waals surface area contributed by atoms with Crippen molar-refractivity contribution in [3.8, 4) is 0 Å². The fourth-order valence-electron chi connectivity index (χ4n) is 3.32. The number of aliphatic imine (C=N–C) groups is 1. The lowest BCUT2D eigenvalue weighted by molar-refractivity contribution is -0.384. The molecule has 2 aromatic rings. The number of nitrogens with zero attached hydrogens (tertiary/aromatic N) is 5. The summed E-state index contributed by atoms with van der Waals surface area (Å²) < 4.78 is 7.04. The second kappa shape index (κ2) is 10.5. The van der Waals surface area contributed by atoms with Crippen molar-refractivity contribution in [1.82, 2.24) is 25.4 Å². The van der Waals surface area contributed by atoms with Crippen molar-refractivity contribution in [2.75, 3.05) is 32.1 Å². The maximum atomic E-state index is 11.1. The topological polar surface area (TPSA) is 132 Å². The van der Waals surface area contributed by atoms with Gasteiger partial charge in [0.05, 0.1) is 18.0 Å². The third-order valence-corrected chi connectivity index (χ3v) is 4.66. The highest BCUT2D eigenvalue weighted by Gasteiger charge is 2.22. The van der Waals surface area contributed by atoms with Gasteiger partial charge in [0.1, 0.15) is 18.1 Å². The van der Waals surface area contributed by atoms with Crippen LogP contribution >= 0.6 is 0 Å². The molecule has 0 fully saturated rings. The summed E-state index contributed by atoms with van der Waals surface area (Å²) in [6, 6.07) is 6.79. The van der Waals surface area contributed by atoms with Gasteiger partial charge in [0.25, 0.3) is 5.69 Å². The minimum absolute atomic E-state index is 0.0604. The molecule has 11 nitrogen and oxygen atoms in total. The maximum absolute atomic E-state index is 11.1. The fraction of sp³-hybridized carbons (Fsp3) is 0.526. The average molecular weight is 416 g/mol. The molecule has 1 unspecified atom stereocenters. The number of nitro benzene ring substituents is 1. The molecule has 3 N–H and O–H groups in total. The van der Waals surface area contributed by atoms with Crippen LogP contribution in [0.2, 0.25) is 0 Å². The lowest BCUT2D eigenvalue weighted by Crippen LogP contribution is -2.47. The SMILES string of the molecule is CCNC(=NCCNc1ccccc1[N+](=O)[O-])NC1CCc2nc(COC)nn2C1. The van der Waals surface area contributed by atoms with Crippen molar-refractivity contribution in [2.45, 2.75) is 39.0 Å². The highest BCUT2D eigenvalue weighted by molar-refractivity contribution is 5.80. The van der Waals surface area contributed by atoms with Gasteiger partial charge in [-0.3, -0.25) is 15.1 Å². The first-order chi connectivity index (χ1) is 14.6. The smallest absolute Gasteiger partial charge is 0.292 e. The Kier molecular flexibility index (Phi) is 7.55. The Morgan fingerprint density at radius 2 is 2.27 bits per heavy atom. The lowest BCUT2D eigenvalue weighted by atomic mass is 10.1. The van der Waals surface area contributed by atoms with Gasteiger partial charge in [-0.1, -0.05) is 12.1 Å².